The number of para-hydroxylation sites is 2. The van der Waals surface area contributed by atoms with E-state index >= 15 is 0 Å². The Labute approximate surface area is 202 Å². The Kier molecular flexibility index (Phi) is 10.6. The molecule has 0 saturated heterocycles. The average Bonchev–Trinajstić information content (AvgIpc) is 2.68. The monoisotopic (exact) mass is 478 g/mol. The molecule has 1 heterocycles. The van der Waals surface area contributed by atoms with Crippen LogP contribution in [0, 0.1) is 0 Å². The summed E-state index contributed by atoms with van der Waals surface area (Å²) in [4.78, 5) is 3.87. The van der Waals surface area contributed by atoms with E-state index in [0.29, 0.717) is 0 Å². The molecule has 3 aromatic rings. The zero-order valence-corrected chi connectivity index (χ0v) is 19.8. The van der Waals surface area contributed by atoms with Crippen LogP contribution in [0.15, 0.2) is 85.1 Å². The first-order valence-corrected chi connectivity index (χ1v) is 10.8. The summed E-state index contributed by atoms with van der Waals surface area (Å²) in [5.41, 5.74) is -0.132. The molecule has 161 valence electrons. The van der Waals surface area contributed by atoms with Gasteiger partial charge < -0.3 is 13.8 Å². The predicted molar refractivity (Wildman–Crippen MR) is 110 cm³/mol. The molecule has 0 aliphatic rings. The summed E-state index contributed by atoms with van der Waals surface area (Å²) in [5.74, 6) is -0.0636. The summed E-state index contributed by atoms with van der Waals surface area (Å²) in [6, 6.07) is 19.4. The fourth-order valence-corrected chi connectivity index (χ4v) is 3.60. The van der Waals surface area contributed by atoms with Crippen molar-refractivity contribution in [3.63, 3.8) is 0 Å². The maximum Gasteiger partial charge on any atom is 0.451 e. The number of rotatable bonds is 9. The summed E-state index contributed by atoms with van der Waals surface area (Å²) in [6.45, 7) is 0. The second-order valence-electron chi connectivity index (χ2n) is 5.39. The molecule has 2 aromatic carbocycles. The Morgan fingerprint density at radius 2 is 1.06 bits per heavy atom. The molecule has 0 spiro atoms. The van der Waals surface area contributed by atoms with Gasteiger partial charge in [0.15, 0.2) is 0 Å². The molecule has 0 saturated carbocycles. The van der Waals surface area contributed by atoms with Gasteiger partial charge in [0.2, 0.25) is 6.29 Å². The van der Waals surface area contributed by atoms with E-state index in [1.807, 2.05) is 0 Å². The first-order chi connectivity index (χ1) is 13.8. The molecule has 0 aliphatic heterocycles. The maximum absolute atomic E-state index is 12.2. The van der Waals surface area contributed by atoms with Gasteiger partial charge in [0.25, 0.3) is 0 Å². The maximum atomic E-state index is 12.2. The van der Waals surface area contributed by atoms with E-state index in [1.54, 1.807) is 42.5 Å². The fraction of sp³-hybridized carbons (Fsp3) is 0.0556. The summed E-state index contributed by atoms with van der Waals surface area (Å²) in [6.07, 6.45) is -0.664. The van der Waals surface area contributed by atoms with Gasteiger partial charge >= 0.3 is 20.8 Å². The summed E-state index contributed by atoms with van der Waals surface area (Å²) in [5, 5.41) is 0. The Bertz CT molecular complexity index is 1060. The van der Waals surface area contributed by atoms with Crippen molar-refractivity contribution >= 4 is 50.4 Å². The van der Waals surface area contributed by atoms with E-state index in [2.05, 4.69) is 4.98 Å². The third kappa shape index (κ3) is 8.93. The van der Waals surface area contributed by atoms with E-state index in [0.717, 1.165) is 0 Å². The van der Waals surface area contributed by atoms with Crippen LogP contribution in [-0.4, -0.2) is 56.9 Å². The molecule has 13 heteroatoms. The molecule has 0 unspecified atom stereocenters. The minimum Gasteiger partial charge on any atom is -0.412 e. The average molecular weight is 478 g/mol. The first kappa shape index (κ1) is 27.0. The van der Waals surface area contributed by atoms with E-state index in [4.69, 9.17) is 16.7 Å². The first-order valence-electron chi connectivity index (χ1n) is 8.09. The second-order valence-corrected chi connectivity index (χ2v) is 7.74. The molecule has 2 N–H and O–H groups in total. The van der Waals surface area contributed by atoms with E-state index in [9.17, 15) is 16.8 Å². The Morgan fingerprint density at radius 1 is 0.645 bits per heavy atom. The molecule has 31 heavy (non-hydrogen) atoms. The number of hydrogen-bond acceptors (Lipinski definition) is 9. The Balaban J connectivity index is 0.00000240. The van der Waals surface area contributed by atoms with Gasteiger partial charge in [0.1, 0.15) is 11.5 Å². The van der Waals surface area contributed by atoms with E-state index in [-0.39, 0.29) is 52.2 Å². The van der Waals surface area contributed by atoms with Crippen molar-refractivity contribution in [1.82, 2.24) is 4.98 Å². The van der Waals surface area contributed by atoms with Crippen LogP contribution in [0.2, 0.25) is 0 Å². The Morgan fingerprint density at radius 3 is 1.45 bits per heavy atom. The minimum atomic E-state index is -4.71. The third-order valence-electron chi connectivity index (χ3n) is 3.22. The van der Waals surface area contributed by atoms with Crippen molar-refractivity contribution in [3.8, 4) is 11.5 Å². The van der Waals surface area contributed by atoms with Gasteiger partial charge in [-0.15, -0.1) is 0 Å². The number of hydrogen-bond donors (Lipinski definition) is 0. The van der Waals surface area contributed by atoms with Crippen LogP contribution in [0.5, 0.6) is 11.5 Å². The van der Waals surface area contributed by atoms with Crippen molar-refractivity contribution in [2.75, 3.05) is 0 Å². The Hall–Kier alpha value is -2.03. The number of benzene rings is 2. The summed E-state index contributed by atoms with van der Waals surface area (Å²) >= 11 is 0. The van der Waals surface area contributed by atoms with E-state index in [1.165, 1.54) is 42.6 Å². The molecule has 0 amide bonds. The van der Waals surface area contributed by atoms with Gasteiger partial charge in [-0.3, -0.25) is 4.98 Å². The van der Waals surface area contributed by atoms with E-state index < -0.39 is 27.1 Å². The topological polar surface area (TPSA) is 150 Å². The number of nitrogens with zero attached hydrogens (tertiary/aromatic N) is 1. The van der Waals surface area contributed by atoms with Gasteiger partial charge in [0, 0.05) is 35.8 Å². The molecule has 0 aliphatic carbocycles. The standard InChI is InChI=1S/C18H15NO8S2.Na.H2O/c20-28(21,24-15-9-3-1-4-10-15)26-18(17-13-7-8-14-19-17)27-29(22,23)25-16-11-5-2-6-12-16;;/h1-14,18H;;1H2. The normalized spacial score (nSPS) is 11.1. The molecular weight excluding hydrogens is 461 g/mol. The molecule has 0 bridgehead atoms. The second kappa shape index (κ2) is 12.1. The van der Waals surface area contributed by atoms with Crippen molar-refractivity contribution in [1.29, 1.82) is 0 Å². The number of aromatic nitrogens is 1. The molecule has 10 nitrogen and oxygen atoms in total. The van der Waals surface area contributed by atoms with Crippen LogP contribution in [0.25, 0.3) is 0 Å². The summed E-state index contributed by atoms with van der Waals surface area (Å²) < 4.78 is 68.2. The smallest absolute Gasteiger partial charge is 0.412 e. The quantitative estimate of drug-likeness (QED) is 0.330. The largest absolute Gasteiger partial charge is 0.451 e. The van der Waals surface area contributed by atoms with Gasteiger partial charge in [-0.05, 0) is 36.4 Å². The van der Waals surface area contributed by atoms with Gasteiger partial charge in [0.05, 0.1) is 5.69 Å². The molecule has 3 rings (SSSR count). The van der Waals surface area contributed by atoms with Crippen LogP contribution < -0.4 is 8.37 Å². The van der Waals surface area contributed by atoms with Crippen LogP contribution >= 0.6 is 0 Å². The predicted octanol–water partition coefficient (Wildman–Crippen LogP) is 1.56. The van der Waals surface area contributed by atoms with Crippen LogP contribution in [-0.2, 0) is 29.2 Å². The molecule has 1 radical (unpaired) electrons. The van der Waals surface area contributed by atoms with Crippen molar-refractivity contribution in [2.24, 2.45) is 0 Å². The fourth-order valence-electron chi connectivity index (χ4n) is 2.07. The van der Waals surface area contributed by atoms with Gasteiger partial charge in [-0.1, -0.05) is 42.5 Å². The SMILES string of the molecule is O.O=S(=O)(Oc1ccccc1)OC(OS(=O)(=O)Oc1ccccc1)c1ccccn1.[Na]. The van der Waals surface area contributed by atoms with Crippen molar-refractivity contribution in [2.45, 2.75) is 6.29 Å². The van der Waals surface area contributed by atoms with Gasteiger partial charge in [-0.2, -0.15) is 25.2 Å². The number of pyridine rings is 1. The van der Waals surface area contributed by atoms with Crippen LogP contribution in [0.1, 0.15) is 12.0 Å². The zero-order chi connectivity index (χ0) is 20.7. The molecular formula is C18H17NNaO9S2. The molecule has 0 fully saturated rings. The van der Waals surface area contributed by atoms with Crippen LogP contribution in [0.4, 0.5) is 0 Å². The molecule has 1 aromatic heterocycles. The van der Waals surface area contributed by atoms with Gasteiger partial charge in [-0.25, -0.2) is 0 Å². The minimum absolute atomic E-state index is 0. The van der Waals surface area contributed by atoms with Crippen molar-refractivity contribution in [3.05, 3.63) is 90.8 Å². The van der Waals surface area contributed by atoms with Crippen LogP contribution in [0.3, 0.4) is 0 Å². The summed E-state index contributed by atoms with van der Waals surface area (Å²) in [7, 11) is -9.42. The third-order valence-corrected chi connectivity index (χ3v) is 4.84. The van der Waals surface area contributed by atoms with Crippen molar-refractivity contribution < 1.29 is 39.0 Å². The molecule has 0 atom stereocenters. The zero-order valence-electron chi connectivity index (χ0n) is 16.2.